The van der Waals surface area contributed by atoms with Crippen LogP contribution in [-0.4, -0.2) is 64.5 Å². The molecule has 3 aromatic rings. The molecule has 0 bridgehead atoms. The monoisotopic (exact) mass is 559 g/mol. The van der Waals surface area contributed by atoms with Crippen LogP contribution in [0.15, 0.2) is 53.9 Å². The third-order valence-corrected chi connectivity index (χ3v) is 8.96. The minimum Gasteiger partial charge on any atom is -0.340 e. The maximum absolute atomic E-state index is 13.9. The first kappa shape index (κ1) is 28.0. The average Bonchev–Trinajstić information content (AvgIpc) is 3.62. The Morgan fingerprint density at radius 3 is 2.40 bits per heavy atom. The number of fused-ring (bicyclic) bond motifs is 2. The summed E-state index contributed by atoms with van der Waals surface area (Å²) in [5, 5.41) is 5.69. The van der Waals surface area contributed by atoms with Crippen molar-refractivity contribution in [3.63, 3.8) is 0 Å². The van der Waals surface area contributed by atoms with Crippen molar-refractivity contribution in [3.8, 4) is 0 Å². The number of ketones is 1. The van der Waals surface area contributed by atoms with Crippen LogP contribution in [-0.2, 0) is 15.0 Å². The minimum atomic E-state index is -0.757. The molecule has 40 heavy (non-hydrogen) atoms. The quantitative estimate of drug-likeness (QED) is 0.459. The summed E-state index contributed by atoms with van der Waals surface area (Å²) in [4.78, 5) is 57.1. The van der Waals surface area contributed by atoms with Crippen molar-refractivity contribution in [1.82, 2.24) is 15.1 Å². The van der Waals surface area contributed by atoms with Gasteiger partial charge in [0.25, 0.3) is 11.8 Å². The van der Waals surface area contributed by atoms with Crippen molar-refractivity contribution < 1.29 is 19.2 Å². The van der Waals surface area contributed by atoms with Gasteiger partial charge in [0.15, 0.2) is 5.78 Å². The van der Waals surface area contributed by atoms with E-state index in [0.29, 0.717) is 30.5 Å². The molecule has 3 atom stereocenters. The van der Waals surface area contributed by atoms with Crippen molar-refractivity contribution in [2.24, 2.45) is 5.92 Å². The molecule has 2 fully saturated rings. The van der Waals surface area contributed by atoms with E-state index in [1.165, 1.54) is 11.3 Å². The third-order valence-electron chi connectivity index (χ3n) is 8.00. The molecule has 5 rings (SSSR count). The molecule has 3 amide bonds. The highest BCUT2D eigenvalue weighted by molar-refractivity contribution is 7.17. The van der Waals surface area contributed by atoms with Crippen LogP contribution in [0.4, 0.5) is 0 Å². The Morgan fingerprint density at radius 2 is 1.73 bits per heavy atom. The molecule has 0 aliphatic carbocycles. The lowest BCUT2D eigenvalue weighted by Gasteiger charge is -2.29. The SMILES string of the molecule is CC(C)C[C@H](NC(=O)c1ccc(C(C)(C)C)cc1)C(=O)N1CC[C@@H]2[C@H]1C(=O)CN2C(=O)c1csc2ccccc12. The van der Waals surface area contributed by atoms with E-state index in [0.717, 1.165) is 15.6 Å². The molecule has 210 valence electrons. The maximum Gasteiger partial charge on any atom is 0.256 e. The molecule has 2 aromatic carbocycles. The van der Waals surface area contributed by atoms with Crippen molar-refractivity contribution in [1.29, 1.82) is 0 Å². The van der Waals surface area contributed by atoms with E-state index in [1.54, 1.807) is 21.9 Å². The summed E-state index contributed by atoms with van der Waals surface area (Å²) < 4.78 is 1.02. The Labute approximate surface area is 239 Å². The van der Waals surface area contributed by atoms with Gasteiger partial charge < -0.3 is 15.1 Å². The lowest BCUT2D eigenvalue weighted by Crippen LogP contribution is -2.53. The zero-order valence-electron chi connectivity index (χ0n) is 23.8. The van der Waals surface area contributed by atoms with Crippen molar-refractivity contribution in [2.45, 2.75) is 71.0 Å². The summed E-state index contributed by atoms with van der Waals surface area (Å²) in [5.74, 6) is -0.715. The van der Waals surface area contributed by atoms with Gasteiger partial charge >= 0.3 is 0 Å². The second-order valence-corrected chi connectivity index (χ2v) is 13.3. The molecule has 0 saturated carbocycles. The topological polar surface area (TPSA) is 86.8 Å². The number of hydrogen-bond acceptors (Lipinski definition) is 5. The van der Waals surface area contributed by atoms with Crippen LogP contribution >= 0.6 is 11.3 Å². The number of carbonyl (C=O) groups is 4. The molecule has 2 aliphatic heterocycles. The highest BCUT2D eigenvalue weighted by atomic mass is 32.1. The van der Waals surface area contributed by atoms with Crippen molar-refractivity contribution in [2.75, 3.05) is 13.1 Å². The predicted molar refractivity (Wildman–Crippen MR) is 158 cm³/mol. The molecule has 1 aromatic heterocycles. The van der Waals surface area contributed by atoms with Gasteiger partial charge in [0.2, 0.25) is 5.91 Å². The first-order chi connectivity index (χ1) is 19.0. The Kier molecular flexibility index (Phi) is 7.57. The van der Waals surface area contributed by atoms with Gasteiger partial charge in [0.1, 0.15) is 12.1 Å². The number of nitrogens with zero attached hydrogens (tertiary/aromatic N) is 2. The molecule has 2 aliphatic rings. The number of thiophene rings is 1. The van der Waals surface area contributed by atoms with Crippen LogP contribution in [0.2, 0.25) is 0 Å². The molecular weight excluding hydrogens is 522 g/mol. The summed E-state index contributed by atoms with van der Waals surface area (Å²) in [6, 6.07) is 13.4. The molecule has 7 nitrogen and oxygen atoms in total. The van der Waals surface area contributed by atoms with E-state index < -0.39 is 12.1 Å². The third kappa shape index (κ3) is 5.29. The molecule has 0 spiro atoms. The molecule has 2 saturated heterocycles. The molecular formula is C32H37N3O4S. The van der Waals surface area contributed by atoms with Crippen LogP contribution in [0.25, 0.3) is 10.1 Å². The Bertz CT molecular complexity index is 1450. The number of benzene rings is 2. The van der Waals surface area contributed by atoms with Crippen molar-refractivity contribution >= 4 is 44.9 Å². The maximum atomic E-state index is 13.9. The molecule has 8 heteroatoms. The smallest absolute Gasteiger partial charge is 0.256 e. The summed E-state index contributed by atoms with van der Waals surface area (Å²) in [6.45, 7) is 10.7. The second-order valence-electron chi connectivity index (χ2n) is 12.4. The zero-order chi connectivity index (χ0) is 28.8. The summed E-state index contributed by atoms with van der Waals surface area (Å²) in [6.07, 6.45) is 0.989. The van der Waals surface area contributed by atoms with Gasteiger partial charge in [0, 0.05) is 27.6 Å². The Morgan fingerprint density at radius 1 is 1.02 bits per heavy atom. The molecule has 0 unspecified atom stereocenters. The van der Waals surface area contributed by atoms with Gasteiger partial charge in [0.05, 0.1) is 18.2 Å². The number of amides is 3. The molecule has 3 heterocycles. The fourth-order valence-electron chi connectivity index (χ4n) is 5.89. The summed E-state index contributed by atoms with van der Waals surface area (Å²) >= 11 is 1.51. The lowest BCUT2D eigenvalue weighted by atomic mass is 9.86. The largest absolute Gasteiger partial charge is 0.340 e. The minimum absolute atomic E-state index is 0.0105. The van der Waals surface area contributed by atoms with Crippen LogP contribution in [0.3, 0.4) is 0 Å². The average molecular weight is 560 g/mol. The van der Waals surface area contributed by atoms with Gasteiger partial charge in [-0.3, -0.25) is 19.2 Å². The van der Waals surface area contributed by atoms with E-state index in [2.05, 4.69) is 26.1 Å². The van der Waals surface area contributed by atoms with Crippen LogP contribution in [0.1, 0.15) is 73.7 Å². The van der Waals surface area contributed by atoms with Crippen LogP contribution in [0.5, 0.6) is 0 Å². The van der Waals surface area contributed by atoms with E-state index >= 15 is 0 Å². The first-order valence-electron chi connectivity index (χ1n) is 14.0. The predicted octanol–water partition coefficient (Wildman–Crippen LogP) is 5.04. The number of Topliss-reactive ketones (excluding diaryl/α,β-unsaturated/α-hetero) is 1. The first-order valence-corrected chi connectivity index (χ1v) is 14.9. The number of carbonyl (C=O) groups excluding carboxylic acids is 4. The van der Waals surface area contributed by atoms with E-state index in [-0.39, 0.29) is 47.4 Å². The zero-order valence-corrected chi connectivity index (χ0v) is 24.6. The van der Waals surface area contributed by atoms with Gasteiger partial charge in [-0.2, -0.15) is 0 Å². The normalized spacial score (nSPS) is 19.8. The molecule has 1 N–H and O–H groups in total. The fourth-order valence-corrected chi connectivity index (χ4v) is 6.83. The number of rotatable bonds is 6. The summed E-state index contributed by atoms with van der Waals surface area (Å²) in [7, 11) is 0. The number of nitrogens with one attached hydrogen (secondary N) is 1. The highest BCUT2D eigenvalue weighted by Gasteiger charge is 2.52. The Balaban J connectivity index is 1.33. The summed E-state index contributed by atoms with van der Waals surface area (Å²) in [5.41, 5.74) is 2.18. The number of likely N-dealkylation sites (tertiary alicyclic amines) is 2. The van der Waals surface area contributed by atoms with Gasteiger partial charge in [-0.25, -0.2) is 0 Å². The van der Waals surface area contributed by atoms with Crippen molar-refractivity contribution in [3.05, 3.63) is 70.6 Å². The second kappa shape index (κ2) is 10.8. The van der Waals surface area contributed by atoms with Crippen LogP contribution < -0.4 is 5.32 Å². The fraction of sp³-hybridized carbons (Fsp3) is 0.438. The van der Waals surface area contributed by atoms with Gasteiger partial charge in [-0.1, -0.05) is 65.0 Å². The van der Waals surface area contributed by atoms with Gasteiger partial charge in [-0.15, -0.1) is 11.3 Å². The van der Waals surface area contributed by atoms with Crippen LogP contribution in [0, 0.1) is 5.92 Å². The number of hydrogen-bond donors (Lipinski definition) is 1. The highest BCUT2D eigenvalue weighted by Crippen LogP contribution is 2.34. The standard InChI is InChI=1S/C32H37N3O4S/c1-19(2)16-24(33-29(37)20-10-12-21(13-11-20)32(3,4)5)31(39)34-15-14-25-28(34)26(36)17-35(25)30(38)23-18-40-27-9-7-6-8-22(23)27/h6-13,18-19,24-25,28H,14-17H2,1-5H3,(H,33,37)/t24-,25+,28-/m0/s1. The van der Waals surface area contributed by atoms with E-state index in [1.807, 2.05) is 55.6 Å². The van der Waals surface area contributed by atoms with E-state index in [4.69, 9.17) is 0 Å². The molecule has 0 radical (unpaired) electrons. The van der Waals surface area contributed by atoms with Gasteiger partial charge in [-0.05, 0) is 47.9 Å². The Hall–Kier alpha value is -3.52. The van der Waals surface area contributed by atoms with E-state index in [9.17, 15) is 19.2 Å². The lowest BCUT2D eigenvalue weighted by molar-refractivity contribution is -0.138.